The number of benzene rings is 1. The molecule has 1 aromatic heterocycles. The van der Waals surface area contributed by atoms with Crippen LogP contribution in [0.3, 0.4) is 0 Å². The summed E-state index contributed by atoms with van der Waals surface area (Å²) in [6.07, 6.45) is 0.795. The lowest BCUT2D eigenvalue weighted by Crippen LogP contribution is -2.24. The number of carbonyl (C=O) groups is 2. The molecule has 6 heteroatoms. The van der Waals surface area contributed by atoms with Gasteiger partial charge in [-0.25, -0.2) is 0 Å². The zero-order valence-corrected chi connectivity index (χ0v) is 13.0. The van der Waals surface area contributed by atoms with Crippen LogP contribution in [0.5, 0.6) is 0 Å². The maximum absolute atomic E-state index is 12.7. The molecule has 0 radical (unpaired) electrons. The Balaban J connectivity index is 1.95. The molecule has 0 atom stereocenters. The minimum atomic E-state index is -0.172. The van der Waals surface area contributed by atoms with Crippen LogP contribution in [0, 0.1) is 0 Å². The zero-order valence-electron chi connectivity index (χ0n) is 12.2. The number of nitrogens with one attached hydrogen (secondary N) is 3. The van der Waals surface area contributed by atoms with Crippen molar-refractivity contribution >= 4 is 33.8 Å². The minimum absolute atomic E-state index is 0.166. The predicted molar refractivity (Wildman–Crippen MR) is 88.4 cm³/mol. The molecule has 0 spiro atoms. The molecule has 0 bridgehead atoms. The first-order valence-electron chi connectivity index (χ1n) is 7.14. The number of carbonyl (C=O) groups excluding carboxylic acids is 2. The van der Waals surface area contributed by atoms with Crippen molar-refractivity contribution in [3.8, 4) is 0 Å². The normalized spacial score (nSPS) is 13.3. The zero-order chi connectivity index (χ0) is 15.5. The third-order valence-corrected chi connectivity index (χ3v) is 4.62. The van der Waals surface area contributed by atoms with Crippen LogP contribution in [-0.4, -0.2) is 18.4 Å². The molecule has 0 fully saturated rings. The van der Waals surface area contributed by atoms with Crippen LogP contribution in [0.15, 0.2) is 30.3 Å². The van der Waals surface area contributed by atoms with Gasteiger partial charge in [0.15, 0.2) is 0 Å². The molecule has 114 valence electrons. The van der Waals surface area contributed by atoms with E-state index in [-0.39, 0.29) is 11.8 Å². The van der Waals surface area contributed by atoms with E-state index in [1.807, 2.05) is 30.3 Å². The lowest BCUT2D eigenvalue weighted by molar-refractivity contribution is -0.114. The summed E-state index contributed by atoms with van der Waals surface area (Å²) in [6, 6.07) is 9.33. The molecule has 0 aliphatic carbocycles. The molecule has 3 N–H and O–H groups in total. The van der Waals surface area contributed by atoms with Crippen molar-refractivity contribution in [2.45, 2.75) is 19.9 Å². The summed E-state index contributed by atoms with van der Waals surface area (Å²) in [7, 11) is 0. The summed E-state index contributed by atoms with van der Waals surface area (Å²) in [4.78, 5) is 25.2. The standard InChI is InChI=1S/C16H17N3O2S/c1-10(20)18-16-14(12-7-8-17-9-13(12)22-16)15(21)19-11-5-3-2-4-6-11/h2-6,17H,7-9H2,1H3,(H,18,20)(H,19,21). The SMILES string of the molecule is CC(=O)Nc1sc2c(c1C(=O)Nc1ccccc1)CCNC2. The summed E-state index contributed by atoms with van der Waals surface area (Å²) in [6.45, 7) is 3.04. The van der Waals surface area contributed by atoms with E-state index in [4.69, 9.17) is 0 Å². The second-order valence-electron chi connectivity index (χ2n) is 5.14. The fourth-order valence-electron chi connectivity index (χ4n) is 2.54. The smallest absolute Gasteiger partial charge is 0.258 e. The maximum atomic E-state index is 12.7. The Morgan fingerprint density at radius 1 is 1.18 bits per heavy atom. The summed E-state index contributed by atoms with van der Waals surface area (Å²) in [5, 5.41) is 9.62. The van der Waals surface area contributed by atoms with Gasteiger partial charge < -0.3 is 16.0 Å². The second kappa shape index (κ2) is 6.29. The van der Waals surface area contributed by atoms with Gasteiger partial charge in [0.25, 0.3) is 5.91 Å². The number of thiophene rings is 1. The number of para-hydroxylation sites is 1. The second-order valence-corrected chi connectivity index (χ2v) is 6.24. The van der Waals surface area contributed by atoms with Crippen molar-refractivity contribution in [1.82, 2.24) is 5.32 Å². The van der Waals surface area contributed by atoms with Crippen molar-refractivity contribution in [3.05, 3.63) is 46.3 Å². The quantitative estimate of drug-likeness (QED) is 0.815. The first-order valence-corrected chi connectivity index (χ1v) is 7.96. The Bertz CT molecular complexity index is 710. The molecule has 2 aromatic rings. The van der Waals surface area contributed by atoms with E-state index in [1.54, 1.807) is 0 Å². The molecule has 0 unspecified atom stereocenters. The molecule has 1 aromatic carbocycles. The van der Waals surface area contributed by atoms with Crippen LogP contribution >= 0.6 is 11.3 Å². The summed E-state index contributed by atoms with van der Waals surface area (Å²) >= 11 is 1.47. The van der Waals surface area contributed by atoms with Gasteiger partial charge in [0.1, 0.15) is 5.00 Å². The van der Waals surface area contributed by atoms with Crippen LogP contribution in [0.1, 0.15) is 27.7 Å². The van der Waals surface area contributed by atoms with E-state index in [2.05, 4.69) is 16.0 Å². The highest BCUT2D eigenvalue weighted by Gasteiger charge is 2.25. The number of hydrogen-bond acceptors (Lipinski definition) is 4. The average molecular weight is 315 g/mol. The highest BCUT2D eigenvalue weighted by Crippen LogP contribution is 2.35. The Hall–Kier alpha value is -2.18. The largest absolute Gasteiger partial charge is 0.322 e. The van der Waals surface area contributed by atoms with E-state index >= 15 is 0 Å². The summed E-state index contributed by atoms with van der Waals surface area (Å²) in [5.41, 5.74) is 2.39. The lowest BCUT2D eigenvalue weighted by atomic mass is 10.0. The van der Waals surface area contributed by atoms with Crippen molar-refractivity contribution in [2.24, 2.45) is 0 Å². The van der Waals surface area contributed by atoms with Crippen LogP contribution in [0.2, 0.25) is 0 Å². The van der Waals surface area contributed by atoms with Crippen LogP contribution in [0.25, 0.3) is 0 Å². The number of hydrogen-bond donors (Lipinski definition) is 3. The van der Waals surface area contributed by atoms with E-state index in [1.165, 1.54) is 18.3 Å². The summed E-state index contributed by atoms with van der Waals surface area (Å²) in [5.74, 6) is -0.338. The van der Waals surface area contributed by atoms with E-state index in [0.717, 1.165) is 35.6 Å². The predicted octanol–water partition coefficient (Wildman–Crippen LogP) is 2.60. The van der Waals surface area contributed by atoms with Gasteiger partial charge >= 0.3 is 0 Å². The average Bonchev–Trinajstić information content (AvgIpc) is 2.85. The molecule has 22 heavy (non-hydrogen) atoms. The minimum Gasteiger partial charge on any atom is -0.322 e. The third kappa shape index (κ3) is 3.03. The molecular formula is C16H17N3O2S. The van der Waals surface area contributed by atoms with Gasteiger partial charge in [0.2, 0.25) is 5.91 Å². The molecule has 1 aliphatic heterocycles. The number of rotatable bonds is 3. The number of fused-ring (bicyclic) bond motifs is 1. The molecule has 0 saturated heterocycles. The fourth-order valence-corrected chi connectivity index (χ4v) is 3.80. The van der Waals surface area contributed by atoms with Gasteiger partial charge in [0, 0.05) is 24.0 Å². The van der Waals surface area contributed by atoms with Crippen molar-refractivity contribution in [1.29, 1.82) is 0 Å². The fraction of sp³-hybridized carbons (Fsp3) is 0.250. The first kappa shape index (κ1) is 14.7. The maximum Gasteiger partial charge on any atom is 0.258 e. The van der Waals surface area contributed by atoms with Gasteiger partial charge in [-0.15, -0.1) is 11.3 Å². The van der Waals surface area contributed by atoms with Gasteiger partial charge in [-0.1, -0.05) is 18.2 Å². The van der Waals surface area contributed by atoms with Crippen molar-refractivity contribution in [3.63, 3.8) is 0 Å². The molecule has 5 nitrogen and oxygen atoms in total. The van der Waals surface area contributed by atoms with Gasteiger partial charge in [-0.2, -0.15) is 0 Å². The van der Waals surface area contributed by atoms with Gasteiger partial charge in [-0.05, 0) is 30.7 Å². The van der Waals surface area contributed by atoms with E-state index < -0.39 is 0 Å². The molecular weight excluding hydrogens is 298 g/mol. The molecule has 3 rings (SSSR count). The van der Waals surface area contributed by atoms with Gasteiger partial charge in [-0.3, -0.25) is 9.59 Å². The third-order valence-electron chi connectivity index (χ3n) is 3.48. The Morgan fingerprint density at radius 2 is 1.95 bits per heavy atom. The molecule has 2 amide bonds. The topological polar surface area (TPSA) is 70.2 Å². The Labute approximate surface area is 132 Å². The van der Waals surface area contributed by atoms with Crippen LogP contribution in [0.4, 0.5) is 10.7 Å². The monoisotopic (exact) mass is 315 g/mol. The van der Waals surface area contributed by atoms with Crippen molar-refractivity contribution in [2.75, 3.05) is 17.2 Å². The Kier molecular flexibility index (Phi) is 4.22. The highest BCUT2D eigenvalue weighted by atomic mass is 32.1. The summed E-state index contributed by atoms with van der Waals surface area (Å²) < 4.78 is 0. The van der Waals surface area contributed by atoms with E-state index in [9.17, 15) is 9.59 Å². The number of anilines is 2. The molecule has 2 heterocycles. The molecule has 1 aliphatic rings. The first-order chi connectivity index (χ1) is 10.6. The van der Waals surface area contributed by atoms with Crippen LogP contribution in [-0.2, 0) is 17.8 Å². The van der Waals surface area contributed by atoms with Gasteiger partial charge in [0.05, 0.1) is 5.56 Å². The van der Waals surface area contributed by atoms with Crippen LogP contribution < -0.4 is 16.0 Å². The highest BCUT2D eigenvalue weighted by molar-refractivity contribution is 7.17. The van der Waals surface area contributed by atoms with E-state index in [0.29, 0.717) is 10.6 Å². The number of amides is 2. The Morgan fingerprint density at radius 3 is 2.68 bits per heavy atom. The lowest BCUT2D eigenvalue weighted by Gasteiger charge is -2.14. The van der Waals surface area contributed by atoms with Crippen molar-refractivity contribution < 1.29 is 9.59 Å². The molecule has 0 saturated carbocycles.